The Bertz CT molecular complexity index is 952. The molecule has 0 spiro atoms. The van der Waals surface area contributed by atoms with E-state index < -0.39 is 0 Å². The summed E-state index contributed by atoms with van der Waals surface area (Å²) in [4.78, 5) is 17.4. The Morgan fingerprint density at radius 3 is 2.70 bits per heavy atom. The number of nitrogens with one attached hydrogen (secondary N) is 1. The smallest absolute Gasteiger partial charge is 0.248 e. The normalized spacial score (nSPS) is 11.1. The number of hydrogen-bond donors (Lipinski definition) is 1. The molecule has 0 aliphatic rings. The second-order valence-electron chi connectivity index (χ2n) is 5.91. The number of nitrogens with zero attached hydrogens (tertiary/aromatic N) is 3. The van der Waals surface area contributed by atoms with Gasteiger partial charge in [-0.05, 0) is 48.9 Å². The van der Waals surface area contributed by atoms with E-state index in [4.69, 9.17) is 11.6 Å². The Morgan fingerprint density at radius 2 is 2.07 bits per heavy atom. The molecule has 2 aromatic heterocycles. The van der Waals surface area contributed by atoms with E-state index in [2.05, 4.69) is 21.5 Å². The maximum absolute atomic E-state index is 12.1. The molecule has 0 atom stereocenters. The van der Waals surface area contributed by atoms with Crippen LogP contribution in [0.15, 0.2) is 59.8 Å². The van der Waals surface area contributed by atoms with Crippen LogP contribution in [-0.2, 0) is 17.6 Å². The largest absolute Gasteiger partial charge is 0.323 e. The molecule has 1 amide bonds. The quantitative estimate of drug-likeness (QED) is 0.482. The monoisotopic (exact) mass is 398 g/mol. The van der Waals surface area contributed by atoms with Gasteiger partial charge >= 0.3 is 0 Å². The number of benzene rings is 1. The number of anilines is 1. The lowest BCUT2D eigenvalue weighted by molar-refractivity contribution is -0.111. The highest BCUT2D eigenvalue weighted by molar-refractivity contribution is 7.98. The molecule has 0 saturated carbocycles. The summed E-state index contributed by atoms with van der Waals surface area (Å²) < 4.78 is 1.58. The van der Waals surface area contributed by atoms with Crippen LogP contribution in [0.25, 0.3) is 6.08 Å². The lowest BCUT2D eigenvalue weighted by Crippen LogP contribution is -2.07. The number of aromatic nitrogens is 3. The van der Waals surface area contributed by atoms with Crippen molar-refractivity contribution in [2.75, 3.05) is 5.32 Å². The van der Waals surface area contributed by atoms with Crippen molar-refractivity contribution < 1.29 is 4.79 Å². The Balaban J connectivity index is 1.56. The minimum absolute atomic E-state index is 0.218. The van der Waals surface area contributed by atoms with E-state index in [1.54, 1.807) is 35.8 Å². The summed E-state index contributed by atoms with van der Waals surface area (Å²) in [6.45, 7) is 1.85. The molecule has 1 aromatic carbocycles. The molecule has 0 aliphatic heterocycles. The predicted molar refractivity (Wildman–Crippen MR) is 111 cm³/mol. The lowest BCUT2D eigenvalue weighted by atomic mass is 10.2. The molecule has 0 bridgehead atoms. The number of carbonyl (C=O) groups excluding carboxylic acids is 1. The summed E-state index contributed by atoms with van der Waals surface area (Å²) >= 11 is 7.88. The van der Waals surface area contributed by atoms with Gasteiger partial charge in [0.1, 0.15) is 5.15 Å². The maximum atomic E-state index is 12.1. The summed E-state index contributed by atoms with van der Waals surface area (Å²) in [5.41, 5.74) is 3.44. The number of thioether (sulfide) groups is 1. The fourth-order valence-electron chi connectivity index (χ4n) is 2.46. The van der Waals surface area contributed by atoms with E-state index >= 15 is 0 Å². The van der Waals surface area contributed by atoms with Crippen molar-refractivity contribution in [3.8, 4) is 0 Å². The standard InChI is InChI=1S/C20H19ClN4OS/c1-14-18(20(21)25(2)24-14)9-10-19(26)23-16-5-7-17(8-6-16)27-13-15-4-3-11-22-12-15/h3-12H,13H2,1-2H3,(H,23,26)/b10-9+. The van der Waals surface area contributed by atoms with Gasteiger partial charge in [-0.3, -0.25) is 14.5 Å². The lowest BCUT2D eigenvalue weighted by Gasteiger charge is -2.05. The van der Waals surface area contributed by atoms with Crippen molar-refractivity contribution >= 4 is 41.0 Å². The van der Waals surface area contributed by atoms with Gasteiger partial charge in [0.2, 0.25) is 5.91 Å². The second-order valence-corrected chi connectivity index (χ2v) is 7.32. The van der Waals surface area contributed by atoms with Gasteiger partial charge in [0.05, 0.1) is 5.69 Å². The zero-order valence-electron chi connectivity index (χ0n) is 15.0. The molecular weight excluding hydrogens is 380 g/mol. The summed E-state index contributed by atoms with van der Waals surface area (Å²) in [6, 6.07) is 11.7. The van der Waals surface area contributed by atoms with Crippen LogP contribution < -0.4 is 5.32 Å². The number of halogens is 1. The number of rotatable bonds is 6. The third-order valence-corrected chi connectivity index (χ3v) is 5.38. The molecule has 1 N–H and O–H groups in total. The van der Waals surface area contributed by atoms with Crippen molar-refractivity contribution in [3.05, 3.63) is 76.8 Å². The number of aryl methyl sites for hydroxylation is 2. The van der Waals surface area contributed by atoms with Gasteiger partial charge in [-0.15, -0.1) is 11.8 Å². The first-order valence-corrected chi connectivity index (χ1v) is 9.69. The SMILES string of the molecule is Cc1nn(C)c(Cl)c1/C=C/C(=O)Nc1ccc(SCc2cccnc2)cc1. The minimum Gasteiger partial charge on any atom is -0.323 e. The first kappa shape index (κ1) is 19.2. The molecule has 0 fully saturated rings. The van der Waals surface area contributed by atoms with Crippen LogP contribution in [0.5, 0.6) is 0 Å². The van der Waals surface area contributed by atoms with E-state index in [0.717, 1.165) is 27.6 Å². The van der Waals surface area contributed by atoms with Gasteiger partial charge in [0.25, 0.3) is 0 Å². The molecule has 0 saturated heterocycles. The summed E-state index contributed by atoms with van der Waals surface area (Å²) in [5.74, 6) is 0.637. The Hall–Kier alpha value is -2.57. The van der Waals surface area contributed by atoms with Gasteiger partial charge in [0.15, 0.2) is 0 Å². The van der Waals surface area contributed by atoms with E-state index in [9.17, 15) is 4.79 Å². The van der Waals surface area contributed by atoms with Gasteiger partial charge in [-0.1, -0.05) is 17.7 Å². The Morgan fingerprint density at radius 1 is 1.30 bits per heavy atom. The average Bonchev–Trinajstić information content (AvgIpc) is 2.92. The highest BCUT2D eigenvalue weighted by Gasteiger charge is 2.08. The molecule has 0 unspecified atom stereocenters. The van der Waals surface area contributed by atoms with Crippen LogP contribution in [-0.4, -0.2) is 20.7 Å². The summed E-state index contributed by atoms with van der Waals surface area (Å²) in [5, 5.41) is 7.57. The van der Waals surface area contributed by atoms with Gasteiger partial charge in [-0.2, -0.15) is 5.10 Å². The molecule has 3 aromatic rings. The van der Waals surface area contributed by atoms with E-state index in [1.165, 1.54) is 11.6 Å². The van der Waals surface area contributed by atoms with Gasteiger partial charge in [-0.25, -0.2) is 0 Å². The van der Waals surface area contributed by atoms with Gasteiger partial charge < -0.3 is 5.32 Å². The van der Waals surface area contributed by atoms with Crippen molar-refractivity contribution in [2.45, 2.75) is 17.6 Å². The molecule has 0 aliphatic carbocycles. The summed E-state index contributed by atoms with van der Waals surface area (Å²) in [6.07, 6.45) is 6.77. The zero-order chi connectivity index (χ0) is 19.2. The third kappa shape index (κ3) is 5.21. The number of hydrogen-bond acceptors (Lipinski definition) is 4. The first-order valence-electron chi connectivity index (χ1n) is 8.33. The maximum Gasteiger partial charge on any atom is 0.248 e. The minimum atomic E-state index is -0.218. The Kier molecular flexibility index (Phi) is 6.32. The number of pyridine rings is 1. The van der Waals surface area contributed by atoms with Crippen LogP contribution in [0.3, 0.4) is 0 Å². The number of carbonyl (C=O) groups is 1. The zero-order valence-corrected chi connectivity index (χ0v) is 16.6. The van der Waals surface area contributed by atoms with Gasteiger partial charge in [0, 0.05) is 47.4 Å². The van der Waals surface area contributed by atoms with Crippen LogP contribution in [0.4, 0.5) is 5.69 Å². The first-order chi connectivity index (χ1) is 13.0. The molecule has 5 nitrogen and oxygen atoms in total. The van der Waals surface area contributed by atoms with Crippen molar-refractivity contribution in [1.29, 1.82) is 0 Å². The second kappa shape index (κ2) is 8.88. The topological polar surface area (TPSA) is 59.8 Å². The van der Waals surface area contributed by atoms with Crippen molar-refractivity contribution in [1.82, 2.24) is 14.8 Å². The molecule has 138 valence electrons. The van der Waals surface area contributed by atoms with Crippen molar-refractivity contribution in [2.24, 2.45) is 7.05 Å². The molecule has 7 heteroatoms. The van der Waals surface area contributed by atoms with Crippen LogP contribution in [0, 0.1) is 6.92 Å². The Labute approximate surface area is 167 Å². The molecule has 2 heterocycles. The van der Waals surface area contributed by atoms with E-state index in [0.29, 0.717) is 5.15 Å². The highest BCUT2D eigenvalue weighted by atomic mass is 35.5. The van der Waals surface area contributed by atoms with Crippen LogP contribution in [0.1, 0.15) is 16.8 Å². The average molecular weight is 399 g/mol. The molecular formula is C20H19ClN4OS. The van der Waals surface area contributed by atoms with Crippen molar-refractivity contribution in [3.63, 3.8) is 0 Å². The molecule has 3 rings (SSSR count). The summed E-state index contributed by atoms with van der Waals surface area (Å²) in [7, 11) is 1.76. The van der Waals surface area contributed by atoms with E-state index in [1.807, 2.05) is 43.5 Å². The van der Waals surface area contributed by atoms with Crippen LogP contribution >= 0.6 is 23.4 Å². The van der Waals surface area contributed by atoms with Crippen LogP contribution in [0.2, 0.25) is 5.15 Å². The molecule has 0 radical (unpaired) electrons. The predicted octanol–water partition coefficient (Wildman–Crippen LogP) is 4.72. The third-order valence-electron chi connectivity index (χ3n) is 3.85. The highest BCUT2D eigenvalue weighted by Crippen LogP contribution is 2.24. The fraction of sp³-hybridized carbons (Fsp3) is 0.150. The fourth-order valence-corrected chi connectivity index (χ4v) is 3.53. The van der Waals surface area contributed by atoms with E-state index in [-0.39, 0.29) is 5.91 Å². The number of amides is 1. The molecule has 27 heavy (non-hydrogen) atoms.